The Hall–Kier alpha value is -2.19. The number of benzene rings is 2. The lowest BCUT2D eigenvalue weighted by Crippen LogP contribution is -2.28. The van der Waals surface area contributed by atoms with E-state index in [1.54, 1.807) is 11.3 Å². The Morgan fingerprint density at radius 2 is 1.79 bits per heavy atom. The Bertz CT molecular complexity index is 1330. The third-order valence-electron chi connectivity index (χ3n) is 6.63. The van der Waals surface area contributed by atoms with Crippen LogP contribution in [0.1, 0.15) is 44.6 Å². The van der Waals surface area contributed by atoms with Gasteiger partial charge in [0.15, 0.2) is 0 Å². The third-order valence-corrected chi connectivity index (χ3v) is 10.6. The second kappa shape index (κ2) is 10.2. The second-order valence-electron chi connectivity index (χ2n) is 9.20. The summed E-state index contributed by atoms with van der Waals surface area (Å²) in [4.78, 5) is 0.971. The van der Waals surface area contributed by atoms with Gasteiger partial charge in [-0.05, 0) is 59.9 Å². The minimum absolute atomic E-state index is 0.358. The molecule has 0 spiro atoms. The Labute approximate surface area is 210 Å². The van der Waals surface area contributed by atoms with E-state index >= 15 is 0 Å². The van der Waals surface area contributed by atoms with Crippen LogP contribution in [-0.4, -0.2) is 14.5 Å². The summed E-state index contributed by atoms with van der Waals surface area (Å²) >= 11 is 2.89. The lowest BCUT2D eigenvalue weighted by atomic mass is 9.99. The van der Waals surface area contributed by atoms with Crippen LogP contribution >= 0.6 is 22.7 Å². The van der Waals surface area contributed by atoms with Crippen molar-refractivity contribution in [2.45, 2.75) is 55.8 Å². The van der Waals surface area contributed by atoms with Gasteiger partial charge in [-0.15, -0.1) is 22.7 Å². The van der Waals surface area contributed by atoms with Crippen molar-refractivity contribution < 1.29 is 8.42 Å². The Balaban J connectivity index is 1.33. The van der Waals surface area contributed by atoms with Gasteiger partial charge in [0.05, 0.1) is 5.69 Å². The number of hydrogen-bond acceptors (Lipinski definition) is 5. The highest BCUT2D eigenvalue weighted by Crippen LogP contribution is 2.40. The van der Waals surface area contributed by atoms with E-state index in [-0.39, 0.29) is 0 Å². The van der Waals surface area contributed by atoms with Crippen LogP contribution in [0.4, 0.5) is 5.69 Å². The van der Waals surface area contributed by atoms with Crippen molar-refractivity contribution in [1.29, 1.82) is 0 Å². The Kier molecular flexibility index (Phi) is 7.06. The maximum absolute atomic E-state index is 13.5. The highest BCUT2D eigenvalue weighted by atomic mass is 32.2. The lowest BCUT2D eigenvalue weighted by Gasteiger charge is -2.19. The number of thiophene rings is 2. The average Bonchev–Trinajstić information content (AvgIpc) is 3.58. The summed E-state index contributed by atoms with van der Waals surface area (Å²) < 4.78 is 31.3. The molecule has 7 heteroatoms. The molecule has 0 aliphatic heterocycles. The van der Waals surface area contributed by atoms with E-state index < -0.39 is 10.0 Å². The molecule has 1 atom stereocenters. The maximum atomic E-state index is 13.5. The minimum atomic E-state index is -3.72. The zero-order valence-electron chi connectivity index (χ0n) is 19.3. The fourth-order valence-corrected chi connectivity index (χ4v) is 8.58. The van der Waals surface area contributed by atoms with Crippen LogP contribution in [0, 0.1) is 5.92 Å². The van der Waals surface area contributed by atoms with Gasteiger partial charge < -0.3 is 5.32 Å². The molecule has 4 aromatic rings. The molecule has 1 aliphatic carbocycles. The van der Waals surface area contributed by atoms with Gasteiger partial charge in [-0.25, -0.2) is 8.42 Å². The zero-order chi connectivity index (χ0) is 23.5. The van der Waals surface area contributed by atoms with Crippen molar-refractivity contribution in [3.8, 4) is 10.4 Å². The van der Waals surface area contributed by atoms with E-state index in [2.05, 4.69) is 35.2 Å². The van der Waals surface area contributed by atoms with Gasteiger partial charge in [-0.1, -0.05) is 62.1 Å². The smallest absolute Gasteiger partial charge is 0.272 e. The predicted octanol–water partition coefficient (Wildman–Crippen LogP) is 7.49. The van der Waals surface area contributed by atoms with Crippen LogP contribution in [0.5, 0.6) is 0 Å². The standard InChI is InChI=1S/C27H30N2O2S3/c1-19(16-20-8-2-3-9-20)28-18-22-11-4-6-12-24(22)29-34(30,31)27-23(14-15-32-27)26-17-21-10-5-7-13-25(21)33-26/h4-7,10-15,17,19-20,28-29H,2-3,8-9,16,18H2,1H3/t19-/m0/s1. The van der Waals surface area contributed by atoms with E-state index in [0.29, 0.717) is 22.5 Å². The van der Waals surface area contributed by atoms with E-state index in [0.717, 1.165) is 32.0 Å². The quantitative estimate of drug-likeness (QED) is 0.245. The Morgan fingerprint density at radius 1 is 1.03 bits per heavy atom. The predicted molar refractivity (Wildman–Crippen MR) is 145 cm³/mol. The van der Waals surface area contributed by atoms with Gasteiger partial charge in [0.2, 0.25) is 0 Å². The first-order valence-corrected chi connectivity index (χ1v) is 15.1. The van der Waals surface area contributed by atoms with Crippen molar-refractivity contribution in [2.75, 3.05) is 4.72 Å². The van der Waals surface area contributed by atoms with Gasteiger partial charge >= 0.3 is 0 Å². The average molecular weight is 511 g/mol. The summed E-state index contributed by atoms with van der Waals surface area (Å²) in [5, 5.41) is 6.59. The molecule has 2 aromatic heterocycles. The highest BCUT2D eigenvalue weighted by Gasteiger charge is 2.24. The SMILES string of the molecule is C[C@@H](CC1CCCC1)NCc1ccccc1NS(=O)(=O)c1sccc1-c1cc2ccccc2s1. The van der Waals surface area contributed by atoms with E-state index in [4.69, 9.17) is 0 Å². The summed E-state index contributed by atoms with van der Waals surface area (Å²) in [6.07, 6.45) is 6.57. The first-order chi connectivity index (χ1) is 16.5. The molecule has 1 aliphatic rings. The number of para-hydroxylation sites is 1. The maximum Gasteiger partial charge on any atom is 0.272 e. The summed E-state index contributed by atoms with van der Waals surface area (Å²) in [6.45, 7) is 2.87. The monoisotopic (exact) mass is 510 g/mol. The molecule has 0 bridgehead atoms. The van der Waals surface area contributed by atoms with Crippen molar-refractivity contribution in [3.63, 3.8) is 0 Å². The van der Waals surface area contributed by atoms with Crippen molar-refractivity contribution in [1.82, 2.24) is 5.32 Å². The molecule has 4 nitrogen and oxygen atoms in total. The van der Waals surface area contributed by atoms with Gasteiger partial charge in [0.1, 0.15) is 4.21 Å². The molecule has 178 valence electrons. The molecule has 34 heavy (non-hydrogen) atoms. The van der Waals surface area contributed by atoms with Crippen LogP contribution in [-0.2, 0) is 16.6 Å². The molecule has 0 saturated heterocycles. The number of nitrogens with one attached hydrogen (secondary N) is 2. The first kappa shape index (κ1) is 23.5. The van der Waals surface area contributed by atoms with Crippen LogP contribution in [0.15, 0.2) is 70.3 Å². The lowest BCUT2D eigenvalue weighted by molar-refractivity contribution is 0.404. The normalized spacial score (nSPS) is 15.7. The number of sulfonamides is 1. The summed E-state index contributed by atoms with van der Waals surface area (Å²) in [5.74, 6) is 0.822. The number of rotatable bonds is 9. The minimum Gasteiger partial charge on any atom is -0.310 e. The molecule has 2 aromatic carbocycles. The number of hydrogen-bond donors (Lipinski definition) is 2. The molecular weight excluding hydrogens is 481 g/mol. The molecular formula is C27H30N2O2S3. The van der Waals surface area contributed by atoms with Crippen molar-refractivity contribution in [3.05, 3.63) is 71.6 Å². The summed E-state index contributed by atoms with van der Waals surface area (Å²) in [6, 6.07) is 20.2. The Morgan fingerprint density at radius 3 is 2.62 bits per heavy atom. The molecule has 2 N–H and O–H groups in total. The van der Waals surface area contributed by atoms with E-state index in [1.165, 1.54) is 43.4 Å². The molecule has 5 rings (SSSR count). The number of anilines is 1. The fraction of sp³-hybridized carbons (Fsp3) is 0.333. The fourth-order valence-electron chi connectivity index (χ4n) is 4.88. The van der Waals surface area contributed by atoms with Gasteiger partial charge in [-0.3, -0.25) is 4.72 Å². The van der Waals surface area contributed by atoms with E-state index in [9.17, 15) is 8.42 Å². The topological polar surface area (TPSA) is 58.2 Å². The second-order valence-corrected chi connectivity index (χ2v) is 13.1. The van der Waals surface area contributed by atoms with Crippen molar-refractivity contribution in [2.24, 2.45) is 5.92 Å². The van der Waals surface area contributed by atoms with Crippen LogP contribution in [0.2, 0.25) is 0 Å². The van der Waals surface area contributed by atoms with Crippen LogP contribution in [0.25, 0.3) is 20.5 Å². The molecule has 0 radical (unpaired) electrons. The largest absolute Gasteiger partial charge is 0.310 e. The first-order valence-electron chi connectivity index (χ1n) is 11.9. The number of fused-ring (bicyclic) bond motifs is 1. The molecule has 0 amide bonds. The third kappa shape index (κ3) is 5.23. The summed E-state index contributed by atoms with van der Waals surface area (Å²) in [7, 11) is -3.72. The molecule has 2 heterocycles. The van der Waals surface area contributed by atoms with Gasteiger partial charge in [0.25, 0.3) is 10.0 Å². The van der Waals surface area contributed by atoms with Crippen molar-refractivity contribution >= 4 is 48.5 Å². The molecule has 1 fully saturated rings. The van der Waals surface area contributed by atoms with Crippen LogP contribution < -0.4 is 10.0 Å². The van der Waals surface area contributed by atoms with E-state index in [1.807, 2.05) is 47.8 Å². The molecule has 0 unspecified atom stereocenters. The zero-order valence-corrected chi connectivity index (χ0v) is 21.7. The van der Waals surface area contributed by atoms with Gasteiger partial charge in [-0.2, -0.15) is 0 Å². The van der Waals surface area contributed by atoms with Crippen LogP contribution in [0.3, 0.4) is 0 Å². The highest BCUT2D eigenvalue weighted by molar-refractivity contribution is 7.94. The summed E-state index contributed by atoms with van der Waals surface area (Å²) in [5.41, 5.74) is 2.36. The molecule has 1 saturated carbocycles. The van der Waals surface area contributed by atoms with Gasteiger partial charge in [0, 0.05) is 27.7 Å².